The Hall–Kier alpha value is -2.76. The Morgan fingerprint density at radius 1 is 1.10 bits per heavy atom. The van der Waals surface area contributed by atoms with Gasteiger partial charge in [-0.3, -0.25) is 9.58 Å². The van der Waals surface area contributed by atoms with Crippen LogP contribution in [0.5, 0.6) is 0 Å². The lowest BCUT2D eigenvalue weighted by atomic mass is 9.98. The molecule has 0 saturated heterocycles. The molecule has 1 N–H and O–H groups in total. The zero-order valence-corrected chi connectivity index (χ0v) is 16.7. The van der Waals surface area contributed by atoms with Crippen molar-refractivity contribution in [2.24, 2.45) is 0 Å². The summed E-state index contributed by atoms with van der Waals surface area (Å²) in [6.45, 7) is 4.20. The first-order valence-electron chi connectivity index (χ1n) is 10.2. The molecule has 0 saturated carbocycles. The molecule has 2 aliphatic heterocycles. The predicted octanol–water partition coefficient (Wildman–Crippen LogP) is 4.06. The molecule has 0 amide bonds. The highest BCUT2D eigenvalue weighted by Crippen LogP contribution is 2.34. The van der Waals surface area contributed by atoms with Gasteiger partial charge in [-0.15, -0.1) is 0 Å². The number of hydrogen-bond acceptors (Lipinski definition) is 3. The van der Waals surface area contributed by atoms with Crippen molar-refractivity contribution in [1.29, 1.82) is 0 Å². The Morgan fingerprint density at radius 2 is 2.00 bits per heavy atom. The van der Waals surface area contributed by atoms with E-state index in [1.54, 1.807) is 6.07 Å². The average molecular weight is 388 g/mol. The quantitative estimate of drug-likeness (QED) is 0.732. The molecular formula is C24H25FN4. The summed E-state index contributed by atoms with van der Waals surface area (Å²) in [5.74, 6) is -0.195. The summed E-state index contributed by atoms with van der Waals surface area (Å²) < 4.78 is 16.7. The van der Waals surface area contributed by atoms with E-state index in [0.29, 0.717) is 12.1 Å². The molecule has 1 aromatic heterocycles. The molecule has 2 aromatic carbocycles. The first-order chi connectivity index (χ1) is 14.2. The summed E-state index contributed by atoms with van der Waals surface area (Å²) in [6.07, 6.45) is 3.32. The van der Waals surface area contributed by atoms with Gasteiger partial charge in [0.1, 0.15) is 5.82 Å². The lowest BCUT2D eigenvalue weighted by molar-refractivity contribution is 0.346. The average Bonchev–Trinajstić information content (AvgIpc) is 3.25. The van der Waals surface area contributed by atoms with E-state index in [9.17, 15) is 4.39 Å². The number of benzene rings is 2. The van der Waals surface area contributed by atoms with Gasteiger partial charge in [0.2, 0.25) is 0 Å². The Labute approximate surface area is 170 Å². The Bertz CT molecular complexity index is 1080. The first kappa shape index (κ1) is 18.3. The topological polar surface area (TPSA) is 33.1 Å². The van der Waals surface area contributed by atoms with Crippen LogP contribution in [-0.4, -0.2) is 34.8 Å². The van der Waals surface area contributed by atoms with Crippen LogP contribution in [0.2, 0.25) is 0 Å². The Morgan fingerprint density at radius 3 is 2.83 bits per heavy atom. The Balaban J connectivity index is 1.54. The van der Waals surface area contributed by atoms with Gasteiger partial charge in [0.15, 0.2) is 0 Å². The minimum absolute atomic E-state index is 0.195. The molecule has 0 fully saturated rings. The Kier molecular flexibility index (Phi) is 4.78. The van der Waals surface area contributed by atoms with E-state index in [0.717, 1.165) is 49.6 Å². The van der Waals surface area contributed by atoms with Gasteiger partial charge in [-0.2, -0.15) is 5.10 Å². The van der Waals surface area contributed by atoms with E-state index in [-0.39, 0.29) is 5.82 Å². The maximum atomic E-state index is 14.7. The molecule has 0 aliphatic carbocycles. The highest BCUT2D eigenvalue weighted by molar-refractivity contribution is 5.68. The fraction of sp³-hybridized carbons (Fsp3) is 0.292. The third kappa shape index (κ3) is 3.52. The van der Waals surface area contributed by atoms with Gasteiger partial charge in [0.05, 0.1) is 17.9 Å². The van der Waals surface area contributed by atoms with E-state index in [1.165, 1.54) is 22.8 Å². The summed E-state index contributed by atoms with van der Waals surface area (Å²) >= 11 is 0. The molecule has 0 spiro atoms. The summed E-state index contributed by atoms with van der Waals surface area (Å²) in [7, 11) is 2.08. The molecule has 3 heterocycles. The molecule has 5 heteroatoms. The van der Waals surface area contributed by atoms with Crippen molar-refractivity contribution in [3.63, 3.8) is 0 Å². The van der Waals surface area contributed by atoms with E-state index in [1.807, 2.05) is 16.8 Å². The van der Waals surface area contributed by atoms with Gasteiger partial charge < -0.3 is 5.32 Å². The highest BCUT2D eigenvalue weighted by Gasteiger charge is 2.27. The van der Waals surface area contributed by atoms with Gasteiger partial charge in [-0.25, -0.2) is 4.39 Å². The number of fused-ring (bicyclic) bond motifs is 1. The minimum atomic E-state index is -0.195. The number of nitrogens with zero attached hydrogens (tertiary/aromatic N) is 3. The molecule has 0 unspecified atom stereocenters. The smallest absolute Gasteiger partial charge is 0.132 e. The molecule has 0 bridgehead atoms. The standard InChI is InChI=1S/C24H25FN4/c1-28-15-21-23(16-28)27-29(24(21)20-7-2-3-8-22(20)25)14-17-5-4-6-19(13-17)18-9-11-26-12-10-18/h2-9,13,26H,10-12,14-16H2,1H3. The van der Waals surface area contributed by atoms with Crippen molar-refractivity contribution < 1.29 is 4.39 Å². The molecule has 5 rings (SSSR count). The zero-order chi connectivity index (χ0) is 19.8. The van der Waals surface area contributed by atoms with Gasteiger partial charge in [-0.05, 0) is 54.9 Å². The van der Waals surface area contributed by atoms with E-state index >= 15 is 0 Å². The van der Waals surface area contributed by atoms with Crippen LogP contribution in [0.15, 0.2) is 54.6 Å². The van der Waals surface area contributed by atoms with E-state index in [2.05, 4.69) is 47.6 Å². The summed E-state index contributed by atoms with van der Waals surface area (Å²) in [5, 5.41) is 8.25. The van der Waals surface area contributed by atoms with Crippen molar-refractivity contribution in [1.82, 2.24) is 20.0 Å². The van der Waals surface area contributed by atoms with Crippen LogP contribution in [0.4, 0.5) is 4.39 Å². The number of aromatic nitrogens is 2. The lowest BCUT2D eigenvalue weighted by Gasteiger charge is -2.16. The van der Waals surface area contributed by atoms with Crippen LogP contribution >= 0.6 is 0 Å². The third-order valence-electron chi connectivity index (χ3n) is 5.80. The van der Waals surface area contributed by atoms with Crippen LogP contribution < -0.4 is 5.32 Å². The summed E-state index contributed by atoms with van der Waals surface area (Å²) in [5.41, 5.74) is 7.61. The SMILES string of the molecule is CN1Cc2nn(Cc3cccc(C4=CCNCC4)c3)c(-c3ccccc3F)c2C1. The van der Waals surface area contributed by atoms with Crippen LogP contribution in [0.25, 0.3) is 16.8 Å². The number of nitrogens with one attached hydrogen (secondary N) is 1. The van der Waals surface area contributed by atoms with Crippen molar-refractivity contribution in [3.8, 4) is 11.3 Å². The minimum Gasteiger partial charge on any atom is -0.313 e. The lowest BCUT2D eigenvalue weighted by Crippen LogP contribution is -2.20. The van der Waals surface area contributed by atoms with Crippen LogP contribution in [0, 0.1) is 5.82 Å². The monoisotopic (exact) mass is 388 g/mol. The summed E-state index contributed by atoms with van der Waals surface area (Å²) in [6, 6.07) is 15.7. The second-order valence-corrected chi connectivity index (χ2v) is 7.97. The highest BCUT2D eigenvalue weighted by atomic mass is 19.1. The van der Waals surface area contributed by atoms with Crippen LogP contribution in [-0.2, 0) is 19.6 Å². The molecule has 3 aromatic rings. The van der Waals surface area contributed by atoms with Gasteiger partial charge >= 0.3 is 0 Å². The van der Waals surface area contributed by atoms with Crippen LogP contribution in [0.3, 0.4) is 0 Å². The van der Waals surface area contributed by atoms with Gasteiger partial charge in [0.25, 0.3) is 0 Å². The number of hydrogen-bond donors (Lipinski definition) is 1. The van der Waals surface area contributed by atoms with E-state index < -0.39 is 0 Å². The molecule has 0 atom stereocenters. The maximum absolute atomic E-state index is 14.7. The molecular weight excluding hydrogens is 363 g/mol. The zero-order valence-electron chi connectivity index (χ0n) is 16.7. The third-order valence-corrected chi connectivity index (χ3v) is 5.80. The van der Waals surface area contributed by atoms with Crippen molar-refractivity contribution in [2.75, 3.05) is 20.1 Å². The largest absolute Gasteiger partial charge is 0.313 e. The van der Waals surface area contributed by atoms with Crippen LogP contribution in [0.1, 0.15) is 28.8 Å². The molecule has 29 heavy (non-hydrogen) atoms. The molecule has 4 nitrogen and oxygen atoms in total. The second kappa shape index (κ2) is 7.58. The number of rotatable bonds is 4. The fourth-order valence-corrected chi connectivity index (χ4v) is 4.42. The second-order valence-electron chi connectivity index (χ2n) is 7.97. The molecule has 148 valence electrons. The molecule has 2 aliphatic rings. The van der Waals surface area contributed by atoms with Crippen molar-refractivity contribution in [2.45, 2.75) is 26.1 Å². The summed E-state index contributed by atoms with van der Waals surface area (Å²) in [4.78, 5) is 2.22. The first-order valence-corrected chi connectivity index (χ1v) is 10.2. The van der Waals surface area contributed by atoms with Gasteiger partial charge in [0, 0.05) is 30.8 Å². The molecule has 0 radical (unpaired) electrons. The van der Waals surface area contributed by atoms with E-state index in [4.69, 9.17) is 5.10 Å². The van der Waals surface area contributed by atoms with Crippen molar-refractivity contribution >= 4 is 5.57 Å². The van der Waals surface area contributed by atoms with Gasteiger partial charge in [-0.1, -0.05) is 36.4 Å². The predicted molar refractivity (Wildman–Crippen MR) is 114 cm³/mol. The maximum Gasteiger partial charge on any atom is 0.132 e. The normalized spacial score (nSPS) is 16.7. The number of halogens is 1. The van der Waals surface area contributed by atoms with Crippen molar-refractivity contribution in [3.05, 3.63) is 82.8 Å². The fourth-order valence-electron chi connectivity index (χ4n) is 4.42.